The molecule has 1 nitrogen and oxygen atoms in total. The maximum absolute atomic E-state index is 13.8. The molecule has 0 aliphatic carbocycles. The first-order valence-corrected chi connectivity index (χ1v) is 5.77. The molecule has 4 heteroatoms. The molecule has 0 bridgehead atoms. The first-order valence-electron chi connectivity index (χ1n) is 5.77. The molecule has 0 aliphatic rings. The third-order valence-corrected chi connectivity index (χ3v) is 3.20. The average Bonchev–Trinajstić information content (AvgIpc) is 2.35. The van der Waals surface area contributed by atoms with Gasteiger partial charge >= 0.3 is 0 Å². The highest BCUT2D eigenvalue weighted by atomic mass is 19.2. The zero-order chi connectivity index (χ0) is 14.2. The van der Waals surface area contributed by atoms with Crippen molar-refractivity contribution in [1.82, 2.24) is 0 Å². The van der Waals surface area contributed by atoms with Crippen LogP contribution in [0.4, 0.5) is 13.2 Å². The van der Waals surface area contributed by atoms with Crippen LogP contribution >= 0.6 is 0 Å². The standard InChI is InChI=1S/C15H13F3O/c1-9-6-7-10(16)8-12(9)15(2,19)11-4-3-5-13(17)14(11)18/h3-8,19H,1-2H3. The number of hydrogen-bond donors (Lipinski definition) is 1. The SMILES string of the molecule is Cc1ccc(F)cc1C(C)(O)c1cccc(F)c1F. The average molecular weight is 266 g/mol. The van der Waals surface area contributed by atoms with E-state index in [1.165, 1.54) is 31.2 Å². The van der Waals surface area contributed by atoms with E-state index >= 15 is 0 Å². The Balaban J connectivity index is 2.65. The summed E-state index contributed by atoms with van der Waals surface area (Å²) in [5, 5.41) is 10.5. The molecule has 0 spiro atoms. The van der Waals surface area contributed by atoms with Gasteiger partial charge in [0.25, 0.3) is 0 Å². The monoisotopic (exact) mass is 266 g/mol. The molecule has 0 amide bonds. The number of hydrogen-bond acceptors (Lipinski definition) is 1. The summed E-state index contributed by atoms with van der Waals surface area (Å²) in [5.41, 5.74) is -1.23. The van der Waals surface area contributed by atoms with Gasteiger partial charge in [-0.3, -0.25) is 0 Å². The Morgan fingerprint density at radius 3 is 2.37 bits per heavy atom. The van der Waals surface area contributed by atoms with E-state index in [9.17, 15) is 18.3 Å². The second kappa shape index (κ2) is 4.70. The fraction of sp³-hybridized carbons (Fsp3) is 0.200. The molecule has 2 rings (SSSR count). The maximum atomic E-state index is 13.8. The number of aryl methyl sites for hydroxylation is 1. The van der Waals surface area contributed by atoms with Gasteiger partial charge in [0.15, 0.2) is 11.6 Å². The summed E-state index contributed by atoms with van der Waals surface area (Å²) in [4.78, 5) is 0. The number of halogens is 3. The molecule has 0 aliphatic heterocycles. The molecule has 0 fully saturated rings. The quantitative estimate of drug-likeness (QED) is 0.879. The van der Waals surface area contributed by atoms with Crippen molar-refractivity contribution < 1.29 is 18.3 Å². The number of aliphatic hydroxyl groups is 1. The molecule has 0 radical (unpaired) electrons. The van der Waals surface area contributed by atoms with Crippen LogP contribution in [0.1, 0.15) is 23.6 Å². The van der Waals surface area contributed by atoms with Gasteiger partial charge in [-0.1, -0.05) is 18.2 Å². The molecule has 1 N–H and O–H groups in total. The lowest BCUT2D eigenvalue weighted by Crippen LogP contribution is -2.26. The van der Waals surface area contributed by atoms with Gasteiger partial charge < -0.3 is 5.11 Å². The van der Waals surface area contributed by atoms with Crippen LogP contribution in [0, 0.1) is 24.4 Å². The Morgan fingerprint density at radius 1 is 1.00 bits per heavy atom. The van der Waals surface area contributed by atoms with Gasteiger partial charge in [-0.15, -0.1) is 0 Å². The van der Waals surface area contributed by atoms with Crippen LogP contribution in [0.3, 0.4) is 0 Å². The molecule has 19 heavy (non-hydrogen) atoms. The Morgan fingerprint density at radius 2 is 1.68 bits per heavy atom. The fourth-order valence-corrected chi connectivity index (χ4v) is 2.14. The van der Waals surface area contributed by atoms with Crippen LogP contribution < -0.4 is 0 Å². The summed E-state index contributed by atoms with van der Waals surface area (Å²) in [6, 6.07) is 7.40. The summed E-state index contributed by atoms with van der Waals surface area (Å²) in [5.74, 6) is -2.72. The second-order valence-corrected chi connectivity index (χ2v) is 4.63. The molecular formula is C15H13F3O. The van der Waals surface area contributed by atoms with Crippen molar-refractivity contribution in [3.05, 3.63) is 70.5 Å². The van der Waals surface area contributed by atoms with Gasteiger partial charge in [0.05, 0.1) is 0 Å². The first-order chi connectivity index (χ1) is 8.84. The number of rotatable bonds is 2. The maximum Gasteiger partial charge on any atom is 0.165 e. The highest BCUT2D eigenvalue weighted by Crippen LogP contribution is 2.33. The summed E-state index contributed by atoms with van der Waals surface area (Å²) >= 11 is 0. The third-order valence-electron chi connectivity index (χ3n) is 3.20. The van der Waals surface area contributed by atoms with Gasteiger partial charge in [0.2, 0.25) is 0 Å². The minimum Gasteiger partial charge on any atom is -0.381 e. The van der Waals surface area contributed by atoms with E-state index in [1.807, 2.05) is 0 Å². The summed E-state index contributed by atoms with van der Waals surface area (Å²) in [6.07, 6.45) is 0. The van der Waals surface area contributed by atoms with Crippen LogP contribution in [0.5, 0.6) is 0 Å². The Hall–Kier alpha value is -1.81. The molecular weight excluding hydrogens is 253 g/mol. The number of benzene rings is 2. The van der Waals surface area contributed by atoms with Crippen molar-refractivity contribution in [3.63, 3.8) is 0 Å². The van der Waals surface area contributed by atoms with E-state index < -0.39 is 23.1 Å². The first kappa shape index (κ1) is 13.6. The van der Waals surface area contributed by atoms with Gasteiger partial charge in [0.1, 0.15) is 11.4 Å². The minimum atomic E-state index is -1.81. The van der Waals surface area contributed by atoms with Crippen LogP contribution in [-0.4, -0.2) is 5.11 Å². The van der Waals surface area contributed by atoms with Crippen molar-refractivity contribution in [2.45, 2.75) is 19.4 Å². The van der Waals surface area contributed by atoms with Crippen molar-refractivity contribution in [1.29, 1.82) is 0 Å². The van der Waals surface area contributed by atoms with Gasteiger partial charge in [-0.25, -0.2) is 13.2 Å². The van der Waals surface area contributed by atoms with Crippen LogP contribution in [0.15, 0.2) is 36.4 Å². The van der Waals surface area contributed by atoms with E-state index in [2.05, 4.69) is 0 Å². The molecule has 0 saturated carbocycles. The Kier molecular flexibility index (Phi) is 3.37. The van der Waals surface area contributed by atoms with Gasteiger partial charge in [-0.05, 0) is 43.2 Å². The molecule has 2 aromatic rings. The molecule has 0 aromatic heterocycles. The molecule has 0 saturated heterocycles. The highest BCUT2D eigenvalue weighted by Gasteiger charge is 2.31. The zero-order valence-corrected chi connectivity index (χ0v) is 10.5. The molecule has 2 aromatic carbocycles. The summed E-state index contributed by atoms with van der Waals surface area (Å²) in [7, 11) is 0. The smallest absolute Gasteiger partial charge is 0.165 e. The topological polar surface area (TPSA) is 20.2 Å². The molecule has 0 heterocycles. The van der Waals surface area contributed by atoms with Crippen LogP contribution in [0.2, 0.25) is 0 Å². The van der Waals surface area contributed by atoms with Crippen molar-refractivity contribution in [2.75, 3.05) is 0 Å². The van der Waals surface area contributed by atoms with Gasteiger partial charge in [-0.2, -0.15) is 0 Å². The van der Waals surface area contributed by atoms with E-state index in [-0.39, 0.29) is 11.1 Å². The summed E-state index contributed by atoms with van der Waals surface area (Å²) < 4.78 is 40.3. The predicted molar refractivity (Wildman–Crippen MR) is 66.2 cm³/mol. The fourth-order valence-electron chi connectivity index (χ4n) is 2.14. The highest BCUT2D eigenvalue weighted by molar-refractivity contribution is 5.40. The van der Waals surface area contributed by atoms with Crippen molar-refractivity contribution in [2.24, 2.45) is 0 Å². The van der Waals surface area contributed by atoms with Crippen molar-refractivity contribution >= 4 is 0 Å². The normalized spacial score (nSPS) is 14.2. The summed E-state index contributed by atoms with van der Waals surface area (Å²) in [6.45, 7) is 2.98. The largest absolute Gasteiger partial charge is 0.381 e. The molecule has 100 valence electrons. The van der Waals surface area contributed by atoms with E-state index in [0.717, 1.165) is 12.1 Å². The predicted octanol–water partition coefficient (Wildman–Crippen LogP) is 3.67. The Labute approximate surface area is 109 Å². The molecule has 1 unspecified atom stereocenters. The van der Waals surface area contributed by atoms with E-state index in [1.54, 1.807) is 6.92 Å². The van der Waals surface area contributed by atoms with Crippen LogP contribution in [0.25, 0.3) is 0 Å². The van der Waals surface area contributed by atoms with E-state index in [4.69, 9.17) is 0 Å². The molecule has 1 atom stereocenters. The Bertz CT molecular complexity index is 617. The second-order valence-electron chi connectivity index (χ2n) is 4.63. The van der Waals surface area contributed by atoms with E-state index in [0.29, 0.717) is 5.56 Å². The van der Waals surface area contributed by atoms with Crippen LogP contribution in [-0.2, 0) is 5.60 Å². The lowest BCUT2D eigenvalue weighted by Gasteiger charge is -2.26. The third kappa shape index (κ3) is 2.36. The zero-order valence-electron chi connectivity index (χ0n) is 10.5. The van der Waals surface area contributed by atoms with Crippen molar-refractivity contribution in [3.8, 4) is 0 Å². The minimum absolute atomic E-state index is 0.206. The lowest BCUT2D eigenvalue weighted by molar-refractivity contribution is 0.0959. The lowest BCUT2D eigenvalue weighted by atomic mass is 9.85. The van der Waals surface area contributed by atoms with Gasteiger partial charge in [0, 0.05) is 5.56 Å².